The Morgan fingerprint density at radius 2 is 2.09 bits per heavy atom. The highest BCUT2D eigenvalue weighted by atomic mass is 16.6. The average molecular weight is 306 g/mol. The van der Waals surface area contributed by atoms with Gasteiger partial charge in [-0.2, -0.15) is 0 Å². The van der Waals surface area contributed by atoms with Crippen LogP contribution in [0.25, 0.3) is 22.1 Å². The minimum absolute atomic E-state index is 0.246. The lowest BCUT2D eigenvalue weighted by Crippen LogP contribution is -2.33. The predicted octanol–water partition coefficient (Wildman–Crippen LogP) is -0.629. The SMILES string of the molecule is Nc1ncnc2c1c1occc1n2[C@@H]1O[C@H](CO)[C@@H](O)[C@H]1O. The topological polar surface area (TPSA) is 140 Å². The van der Waals surface area contributed by atoms with Crippen molar-refractivity contribution in [2.75, 3.05) is 12.3 Å². The summed E-state index contributed by atoms with van der Waals surface area (Å²) < 4.78 is 12.6. The predicted molar refractivity (Wildman–Crippen MR) is 74.7 cm³/mol. The van der Waals surface area contributed by atoms with Crippen molar-refractivity contribution in [3.63, 3.8) is 0 Å². The third-order valence-corrected chi connectivity index (χ3v) is 3.99. The lowest BCUT2D eigenvalue weighted by Gasteiger charge is -2.17. The molecule has 1 saturated heterocycles. The summed E-state index contributed by atoms with van der Waals surface area (Å²) in [7, 11) is 0. The number of aliphatic hydroxyl groups excluding tert-OH is 3. The Labute approximate surface area is 123 Å². The number of anilines is 1. The van der Waals surface area contributed by atoms with Gasteiger partial charge in [0.2, 0.25) is 0 Å². The molecule has 1 aliphatic rings. The molecule has 3 aromatic heterocycles. The van der Waals surface area contributed by atoms with Crippen LogP contribution in [0.5, 0.6) is 0 Å². The molecule has 4 atom stereocenters. The highest BCUT2D eigenvalue weighted by Gasteiger charge is 2.44. The minimum atomic E-state index is -1.22. The quantitative estimate of drug-likeness (QED) is 0.490. The molecule has 0 aliphatic carbocycles. The van der Waals surface area contributed by atoms with E-state index in [2.05, 4.69) is 9.97 Å². The maximum Gasteiger partial charge on any atom is 0.165 e. The maximum absolute atomic E-state index is 10.2. The van der Waals surface area contributed by atoms with Gasteiger partial charge in [-0.15, -0.1) is 0 Å². The number of nitrogens with two attached hydrogens (primary N) is 1. The number of hydrogen-bond donors (Lipinski definition) is 4. The first kappa shape index (κ1) is 13.5. The summed E-state index contributed by atoms with van der Waals surface area (Å²) in [6.07, 6.45) is -1.43. The van der Waals surface area contributed by atoms with E-state index in [0.29, 0.717) is 22.1 Å². The molecule has 0 aromatic carbocycles. The largest absolute Gasteiger partial charge is 0.462 e. The zero-order valence-corrected chi connectivity index (χ0v) is 11.3. The van der Waals surface area contributed by atoms with Gasteiger partial charge in [0.05, 0.1) is 18.4 Å². The fraction of sp³-hybridized carbons (Fsp3) is 0.385. The zero-order chi connectivity index (χ0) is 15.4. The first-order valence-corrected chi connectivity index (χ1v) is 6.73. The Balaban J connectivity index is 1.98. The average Bonchev–Trinajstić information content (AvgIpc) is 3.15. The van der Waals surface area contributed by atoms with Gasteiger partial charge in [-0.3, -0.25) is 4.57 Å². The Morgan fingerprint density at radius 3 is 2.82 bits per heavy atom. The van der Waals surface area contributed by atoms with E-state index in [1.165, 1.54) is 12.6 Å². The van der Waals surface area contributed by atoms with E-state index in [0.717, 1.165) is 0 Å². The molecule has 4 heterocycles. The van der Waals surface area contributed by atoms with Crippen molar-refractivity contribution in [2.24, 2.45) is 0 Å². The minimum Gasteiger partial charge on any atom is -0.462 e. The smallest absolute Gasteiger partial charge is 0.165 e. The number of hydrogen-bond acceptors (Lipinski definition) is 8. The first-order valence-electron chi connectivity index (χ1n) is 6.73. The van der Waals surface area contributed by atoms with Crippen LogP contribution < -0.4 is 5.73 Å². The standard InChI is InChI=1S/C13H14N4O5/c14-11-7-10-5(1-2-21-10)17(12(7)16-4-15-11)13-9(20)8(19)6(3-18)22-13/h1-2,4,6,8-9,13,18-20H,3H2,(H2,14,15,16)/t6-,8-,9-,13-/m1/s1. The molecule has 1 fully saturated rings. The van der Waals surface area contributed by atoms with Gasteiger partial charge in [0, 0.05) is 6.07 Å². The Morgan fingerprint density at radius 1 is 1.27 bits per heavy atom. The number of aliphatic hydroxyl groups is 3. The summed E-state index contributed by atoms with van der Waals surface area (Å²) in [4.78, 5) is 8.13. The Bertz CT molecular complexity index is 844. The number of nitrogen functional groups attached to an aromatic ring is 1. The third-order valence-electron chi connectivity index (χ3n) is 3.99. The number of furan rings is 1. The van der Waals surface area contributed by atoms with Crippen LogP contribution in [0.2, 0.25) is 0 Å². The van der Waals surface area contributed by atoms with Gasteiger partial charge in [0.15, 0.2) is 17.5 Å². The van der Waals surface area contributed by atoms with Gasteiger partial charge >= 0.3 is 0 Å². The molecule has 0 spiro atoms. The van der Waals surface area contributed by atoms with Gasteiger partial charge in [-0.1, -0.05) is 0 Å². The number of ether oxygens (including phenoxy) is 1. The van der Waals surface area contributed by atoms with Crippen molar-refractivity contribution in [3.8, 4) is 0 Å². The summed E-state index contributed by atoms with van der Waals surface area (Å²) in [5.41, 5.74) is 7.41. The fourth-order valence-electron chi connectivity index (χ4n) is 2.93. The van der Waals surface area contributed by atoms with Crippen molar-refractivity contribution in [1.29, 1.82) is 0 Å². The molecule has 1 aliphatic heterocycles. The van der Waals surface area contributed by atoms with Crippen LogP contribution in [-0.4, -0.2) is 54.8 Å². The summed E-state index contributed by atoms with van der Waals surface area (Å²) in [6, 6.07) is 1.69. The molecule has 9 heteroatoms. The molecular formula is C13H14N4O5. The summed E-state index contributed by atoms with van der Waals surface area (Å²) in [5, 5.41) is 29.9. The van der Waals surface area contributed by atoms with Crippen LogP contribution in [0.15, 0.2) is 23.1 Å². The lowest BCUT2D eigenvalue weighted by molar-refractivity contribution is -0.0489. The van der Waals surface area contributed by atoms with Gasteiger partial charge < -0.3 is 30.2 Å². The Hall–Kier alpha value is -2.20. The molecule has 22 heavy (non-hydrogen) atoms. The van der Waals surface area contributed by atoms with Crippen molar-refractivity contribution in [2.45, 2.75) is 24.5 Å². The number of aromatic nitrogens is 3. The molecule has 3 aromatic rings. The van der Waals surface area contributed by atoms with E-state index < -0.39 is 31.1 Å². The summed E-state index contributed by atoms with van der Waals surface area (Å²) in [5.74, 6) is 0.246. The molecule has 4 rings (SSSR count). The van der Waals surface area contributed by atoms with Crippen LogP contribution in [0.3, 0.4) is 0 Å². The molecule has 0 unspecified atom stereocenters. The second-order valence-corrected chi connectivity index (χ2v) is 5.19. The molecule has 5 N–H and O–H groups in total. The van der Waals surface area contributed by atoms with E-state index in [1.54, 1.807) is 10.6 Å². The number of fused-ring (bicyclic) bond motifs is 3. The van der Waals surface area contributed by atoms with Crippen LogP contribution in [0, 0.1) is 0 Å². The van der Waals surface area contributed by atoms with Gasteiger partial charge in [0.1, 0.15) is 35.8 Å². The highest BCUT2D eigenvalue weighted by Crippen LogP contribution is 2.38. The van der Waals surface area contributed by atoms with Gasteiger partial charge in [-0.25, -0.2) is 9.97 Å². The van der Waals surface area contributed by atoms with Crippen LogP contribution in [0.4, 0.5) is 5.82 Å². The van der Waals surface area contributed by atoms with Crippen molar-refractivity contribution in [3.05, 3.63) is 18.7 Å². The van der Waals surface area contributed by atoms with Crippen molar-refractivity contribution >= 4 is 28.0 Å². The van der Waals surface area contributed by atoms with E-state index in [-0.39, 0.29) is 5.82 Å². The lowest BCUT2D eigenvalue weighted by atomic mass is 10.1. The monoisotopic (exact) mass is 306 g/mol. The van der Waals surface area contributed by atoms with Gasteiger partial charge in [-0.05, 0) is 0 Å². The Kier molecular flexibility index (Phi) is 2.84. The summed E-state index contributed by atoms with van der Waals surface area (Å²) in [6.45, 7) is -0.403. The van der Waals surface area contributed by atoms with E-state index >= 15 is 0 Å². The molecule has 0 saturated carbocycles. The molecule has 0 bridgehead atoms. The third kappa shape index (κ3) is 1.61. The molecule has 0 amide bonds. The molecule has 9 nitrogen and oxygen atoms in total. The number of nitrogens with zero attached hydrogens (tertiary/aromatic N) is 3. The second-order valence-electron chi connectivity index (χ2n) is 5.19. The first-order chi connectivity index (χ1) is 10.6. The molecule has 0 radical (unpaired) electrons. The highest BCUT2D eigenvalue weighted by molar-refractivity contribution is 6.08. The maximum atomic E-state index is 10.2. The number of rotatable bonds is 2. The van der Waals surface area contributed by atoms with Crippen LogP contribution in [-0.2, 0) is 4.74 Å². The normalized spacial score (nSPS) is 28.9. The van der Waals surface area contributed by atoms with Crippen LogP contribution in [0.1, 0.15) is 6.23 Å². The molecular weight excluding hydrogens is 292 g/mol. The zero-order valence-electron chi connectivity index (χ0n) is 11.3. The van der Waals surface area contributed by atoms with E-state index in [4.69, 9.17) is 14.9 Å². The van der Waals surface area contributed by atoms with Gasteiger partial charge in [0.25, 0.3) is 0 Å². The van der Waals surface area contributed by atoms with Crippen molar-refractivity contribution in [1.82, 2.24) is 14.5 Å². The van der Waals surface area contributed by atoms with Crippen molar-refractivity contribution < 1.29 is 24.5 Å². The fourth-order valence-corrected chi connectivity index (χ4v) is 2.93. The van der Waals surface area contributed by atoms with E-state index in [1.807, 2.05) is 0 Å². The van der Waals surface area contributed by atoms with Crippen LogP contribution >= 0.6 is 0 Å². The molecule has 116 valence electrons. The summed E-state index contributed by atoms with van der Waals surface area (Å²) >= 11 is 0. The second kappa shape index (κ2) is 4.65. The van der Waals surface area contributed by atoms with E-state index in [9.17, 15) is 15.3 Å².